The first-order valence-electron chi connectivity index (χ1n) is 8.65. The van der Waals surface area contributed by atoms with Crippen LogP contribution < -0.4 is 11.1 Å². The number of amides is 1. The van der Waals surface area contributed by atoms with Crippen LogP contribution in [0.1, 0.15) is 31.2 Å². The Morgan fingerprint density at radius 3 is 2.48 bits per heavy atom. The van der Waals surface area contributed by atoms with Crippen LogP contribution >= 0.6 is 11.8 Å². The molecule has 1 aromatic rings. The second-order valence-corrected chi connectivity index (χ2v) is 7.94. The van der Waals surface area contributed by atoms with Gasteiger partial charge in [0.25, 0.3) is 0 Å². The fraction of sp³-hybridized carbons (Fsp3) is 0.611. The van der Waals surface area contributed by atoms with Crippen LogP contribution in [0.5, 0.6) is 0 Å². The van der Waals surface area contributed by atoms with E-state index in [0.29, 0.717) is 0 Å². The number of carbonyl (C=O) groups excluding carboxylic acids is 1. The van der Waals surface area contributed by atoms with Gasteiger partial charge in [-0.3, -0.25) is 4.79 Å². The molecule has 1 saturated heterocycles. The van der Waals surface area contributed by atoms with E-state index in [1.165, 1.54) is 30.2 Å². The molecule has 1 heterocycles. The molecule has 4 nitrogen and oxygen atoms in total. The van der Waals surface area contributed by atoms with Crippen molar-refractivity contribution in [1.82, 2.24) is 4.90 Å². The van der Waals surface area contributed by atoms with Crippen LogP contribution in [-0.2, 0) is 11.2 Å². The van der Waals surface area contributed by atoms with Gasteiger partial charge >= 0.3 is 0 Å². The van der Waals surface area contributed by atoms with Crippen molar-refractivity contribution < 1.29 is 4.79 Å². The molecule has 0 unspecified atom stereocenters. The minimum atomic E-state index is -0.662. The lowest BCUT2D eigenvalue weighted by Gasteiger charge is -2.26. The van der Waals surface area contributed by atoms with Gasteiger partial charge in [0.2, 0.25) is 5.91 Å². The summed E-state index contributed by atoms with van der Waals surface area (Å²) in [6, 6.07) is 8.23. The Hall–Kier alpha value is -1.04. The van der Waals surface area contributed by atoms with Gasteiger partial charge in [0.15, 0.2) is 0 Å². The Kier molecular flexibility index (Phi) is 5.62. The molecule has 0 atom stereocenters. The molecule has 1 aromatic carbocycles. The van der Waals surface area contributed by atoms with Gasteiger partial charge in [0, 0.05) is 36.8 Å². The first-order valence-corrected chi connectivity index (χ1v) is 9.81. The number of hydrogen-bond donors (Lipinski definition) is 2. The lowest BCUT2D eigenvalue weighted by molar-refractivity contribution is -0.121. The highest BCUT2D eigenvalue weighted by Crippen LogP contribution is 2.28. The minimum Gasteiger partial charge on any atom is -0.324 e. The number of nitrogens with one attached hydrogen (secondary N) is 1. The van der Waals surface area contributed by atoms with Crippen LogP contribution in [-0.4, -0.2) is 47.5 Å². The molecule has 0 spiro atoms. The normalized spacial score (nSPS) is 21.3. The number of anilines is 1. The number of carbonyl (C=O) groups is 1. The summed E-state index contributed by atoms with van der Waals surface area (Å²) < 4.78 is 0. The predicted molar refractivity (Wildman–Crippen MR) is 97.9 cm³/mol. The molecule has 1 aliphatic carbocycles. The average Bonchev–Trinajstić information content (AvgIpc) is 3.03. The fourth-order valence-electron chi connectivity index (χ4n) is 3.36. The van der Waals surface area contributed by atoms with Gasteiger partial charge in [-0.25, -0.2) is 0 Å². The van der Waals surface area contributed by atoms with Crippen molar-refractivity contribution in [2.45, 2.75) is 37.6 Å². The molecule has 2 fully saturated rings. The van der Waals surface area contributed by atoms with Crippen LogP contribution in [0.3, 0.4) is 0 Å². The summed E-state index contributed by atoms with van der Waals surface area (Å²) in [6.45, 7) is 3.53. The van der Waals surface area contributed by atoms with E-state index in [-0.39, 0.29) is 5.91 Å². The van der Waals surface area contributed by atoms with E-state index in [2.05, 4.69) is 22.3 Å². The molecule has 2 aliphatic rings. The molecule has 1 amide bonds. The maximum Gasteiger partial charge on any atom is 0.244 e. The quantitative estimate of drug-likeness (QED) is 0.869. The Labute approximate surface area is 143 Å². The molecule has 126 valence electrons. The second-order valence-electron chi connectivity index (χ2n) is 6.72. The largest absolute Gasteiger partial charge is 0.324 e. The molecule has 0 aromatic heterocycles. The van der Waals surface area contributed by atoms with Crippen molar-refractivity contribution in [1.29, 1.82) is 0 Å². The summed E-state index contributed by atoms with van der Waals surface area (Å²) in [5.74, 6) is 2.48. The van der Waals surface area contributed by atoms with Gasteiger partial charge in [-0.1, -0.05) is 25.0 Å². The highest BCUT2D eigenvalue weighted by molar-refractivity contribution is 7.99. The maximum absolute atomic E-state index is 12.3. The van der Waals surface area contributed by atoms with Gasteiger partial charge in [0.1, 0.15) is 0 Å². The number of hydrogen-bond acceptors (Lipinski definition) is 4. The first-order chi connectivity index (χ1) is 11.2. The molecular formula is C18H27N3OS. The van der Waals surface area contributed by atoms with Crippen LogP contribution in [0.25, 0.3) is 0 Å². The third-order valence-corrected chi connectivity index (χ3v) is 5.92. The summed E-state index contributed by atoms with van der Waals surface area (Å²) in [5, 5.41) is 2.98. The zero-order valence-electron chi connectivity index (χ0n) is 13.7. The topological polar surface area (TPSA) is 58.4 Å². The summed E-state index contributed by atoms with van der Waals surface area (Å²) in [5.41, 5.74) is 7.70. The smallest absolute Gasteiger partial charge is 0.244 e. The minimum absolute atomic E-state index is 0.0337. The van der Waals surface area contributed by atoms with Crippen molar-refractivity contribution in [2.75, 3.05) is 36.5 Å². The third-order valence-electron chi connectivity index (χ3n) is 4.98. The van der Waals surface area contributed by atoms with Crippen molar-refractivity contribution in [3.8, 4) is 0 Å². The van der Waals surface area contributed by atoms with E-state index in [1.54, 1.807) is 0 Å². The molecule has 1 saturated carbocycles. The molecule has 3 N–H and O–H groups in total. The van der Waals surface area contributed by atoms with Crippen molar-refractivity contribution in [3.05, 3.63) is 29.8 Å². The molecule has 23 heavy (non-hydrogen) atoms. The molecule has 1 aliphatic heterocycles. The number of nitrogens with zero attached hydrogens (tertiary/aromatic N) is 1. The Morgan fingerprint density at radius 1 is 1.17 bits per heavy atom. The zero-order valence-corrected chi connectivity index (χ0v) is 14.5. The Bertz CT molecular complexity index is 520. The summed E-state index contributed by atoms with van der Waals surface area (Å²) in [7, 11) is 0. The summed E-state index contributed by atoms with van der Waals surface area (Å²) >= 11 is 2.05. The average molecular weight is 334 g/mol. The SMILES string of the molecule is NC1(C(=O)Nc2ccc(CCN3CCSCC3)cc2)CCCC1. The fourth-order valence-corrected chi connectivity index (χ4v) is 4.33. The summed E-state index contributed by atoms with van der Waals surface area (Å²) in [6.07, 6.45) is 4.77. The van der Waals surface area contributed by atoms with Crippen molar-refractivity contribution >= 4 is 23.4 Å². The van der Waals surface area contributed by atoms with Gasteiger partial charge in [-0.15, -0.1) is 0 Å². The van der Waals surface area contributed by atoms with Crippen LogP contribution in [0.2, 0.25) is 0 Å². The van der Waals surface area contributed by atoms with Crippen LogP contribution in [0, 0.1) is 0 Å². The molecule has 0 radical (unpaired) electrons. The zero-order chi connectivity index (χ0) is 16.1. The Morgan fingerprint density at radius 2 is 1.83 bits per heavy atom. The van der Waals surface area contributed by atoms with E-state index >= 15 is 0 Å². The van der Waals surface area contributed by atoms with E-state index in [9.17, 15) is 4.79 Å². The van der Waals surface area contributed by atoms with Crippen molar-refractivity contribution in [3.63, 3.8) is 0 Å². The maximum atomic E-state index is 12.3. The molecule has 0 bridgehead atoms. The lowest BCUT2D eigenvalue weighted by Crippen LogP contribution is -2.48. The van der Waals surface area contributed by atoms with Gasteiger partial charge in [-0.05, 0) is 37.0 Å². The predicted octanol–water partition coefficient (Wildman–Crippen LogP) is 2.49. The number of thioether (sulfide) groups is 1. The first kappa shape index (κ1) is 16.8. The van der Waals surface area contributed by atoms with Crippen LogP contribution in [0.15, 0.2) is 24.3 Å². The number of benzene rings is 1. The van der Waals surface area contributed by atoms with E-state index < -0.39 is 5.54 Å². The highest BCUT2D eigenvalue weighted by atomic mass is 32.2. The Balaban J connectivity index is 1.49. The number of rotatable bonds is 5. The van der Waals surface area contributed by atoms with Gasteiger partial charge in [-0.2, -0.15) is 11.8 Å². The third kappa shape index (κ3) is 4.49. The summed E-state index contributed by atoms with van der Waals surface area (Å²) in [4.78, 5) is 14.8. The number of nitrogens with two attached hydrogens (primary N) is 1. The van der Waals surface area contributed by atoms with Gasteiger partial charge < -0.3 is 16.0 Å². The molecular weight excluding hydrogens is 306 g/mol. The van der Waals surface area contributed by atoms with Gasteiger partial charge in [0.05, 0.1) is 5.54 Å². The monoisotopic (exact) mass is 333 g/mol. The standard InChI is InChI=1S/C18H27N3OS/c19-18(8-1-2-9-18)17(22)20-16-5-3-15(4-6-16)7-10-21-11-13-23-14-12-21/h3-6H,1-2,7-14,19H2,(H,20,22). The second kappa shape index (κ2) is 7.69. The van der Waals surface area contributed by atoms with E-state index in [4.69, 9.17) is 5.73 Å². The lowest BCUT2D eigenvalue weighted by atomic mass is 9.98. The van der Waals surface area contributed by atoms with E-state index in [1.807, 2.05) is 23.9 Å². The molecule has 5 heteroatoms. The molecule has 3 rings (SSSR count). The van der Waals surface area contributed by atoms with Crippen LogP contribution in [0.4, 0.5) is 5.69 Å². The van der Waals surface area contributed by atoms with E-state index in [0.717, 1.165) is 44.3 Å². The highest BCUT2D eigenvalue weighted by Gasteiger charge is 2.36. The van der Waals surface area contributed by atoms with Crippen molar-refractivity contribution in [2.24, 2.45) is 5.73 Å².